The van der Waals surface area contributed by atoms with Crippen molar-refractivity contribution in [2.75, 3.05) is 13.1 Å². The molecule has 120 valence electrons. The number of aromatic nitrogens is 2. The number of unbranched alkanes of at least 4 members (excludes halogenated alkanes) is 1. The van der Waals surface area contributed by atoms with E-state index < -0.39 is 0 Å². The maximum absolute atomic E-state index is 4.47. The molecule has 0 spiro atoms. The van der Waals surface area contributed by atoms with E-state index in [0.29, 0.717) is 5.92 Å². The van der Waals surface area contributed by atoms with Crippen molar-refractivity contribution in [3.05, 3.63) is 10.0 Å². The number of nitrogens with one attached hydrogen (secondary N) is 1. The third-order valence-electron chi connectivity index (χ3n) is 4.59. The van der Waals surface area contributed by atoms with Crippen LogP contribution in [0.15, 0.2) is 0 Å². The maximum atomic E-state index is 4.47. The van der Waals surface area contributed by atoms with Crippen molar-refractivity contribution in [3.63, 3.8) is 0 Å². The molecule has 1 heterocycles. The molecule has 0 amide bonds. The summed E-state index contributed by atoms with van der Waals surface area (Å²) in [6, 6.07) is 0. The standard InChI is InChI=1S/C17H31N3S/c1-3-5-6-14-7-9-15(10-8-14)17-20-19-16(21-17)11-13-18-12-4-2/h14-15,18H,3-13H2,1-2H3. The monoisotopic (exact) mass is 309 g/mol. The van der Waals surface area contributed by atoms with E-state index in [-0.39, 0.29) is 0 Å². The Morgan fingerprint density at radius 2 is 1.86 bits per heavy atom. The Morgan fingerprint density at radius 3 is 2.57 bits per heavy atom. The third kappa shape index (κ3) is 5.67. The van der Waals surface area contributed by atoms with Crippen LogP contribution in [0.2, 0.25) is 0 Å². The zero-order chi connectivity index (χ0) is 14.9. The molecule has 21 heavy (non-hydrogen) atoms. The largest absolute Gasteiger partial charge is 0.316 e. The van der Waals surface area contributed by atoms with Crippen molar-refractivity contribution in [2.24, 2.45) is 5.92 Å². The summed E-state index contributed by atoms with van der Waals surface area (Å²) in [5.41, 5.74) is 0. The SMILES string of the molecule is CCCCC1CCC(c2nnc(CCNCCC)s2)CC1. The van der Waals surface area contributed by atoms with E-state index in [9.17, 15) is 0 Å². The summed E-state index contributed by atoms with van der Waals surface area (Å²) in [6.45, 7) is 6.64. The molecule has 2 rings (SSSR count). The minimum atomic E-state index is 0.692. The summed E-state index contributed by atoms with van der Waals surface area (Å²) in [6.07, 6.45) is 11.9. The quantitative estimate of drug-likeness (QED) is 0.680. The van der Waals surface area contributed by atoms with Gasteiger partial charge in [0.05, 0.1) is 0 Å². The van der Waals surface area contributed by atoms with Crippen molar-refractivity contribution >= 4 is 11.3 Å². The number of hydrogen-bond acceptors (Lipinski definition) is 4. The topological polar surface area (TPSA) is 37.8 Å². The van der Waals surface area contributed by atoms with Crippen LogP contribution in [0.25, 0.3) is 0 Å². The van der Waals surface area contributed by atoms with Crippen LogP contribution < -0.4 is 5.32 Å². The van der Waals surface area contributed by atoms with Gasteiger partial charge in [0.25, 0.3) is 0 Å². The van der Waals surface area contributed by atoms with Gasteiger partial charge in [-0.1, -0.05) is 33.1 Å². The second-order valence-electron chi connectivity index (χ2n) is 6.39. The van der Waals surface area contributed by atoms with Crippen molar-refractivity contribution in [1.29, 1.82) is 0 Å². The minimum Gasteiger partial charge on any atom is -0.316 e. The van der Waals surface area contributed by atoms with E-state index in [2.05, 4.69) is 29.4 Å². The highest BCUT2D eigenvalue weighted by atomic mass is 32.1. The highest BCUT2D eigenvalue weighted by molar-refractivity contribution is 7.11. The van der Waals surface area contributed by atoms with Gasteiger partial charge in [0.1, 0.15) is 10.0 Å². The average molecular weight is 310 g/mol. The molecule has 0 saturated heterocycles. The highest BCUT2D eigenvalue weighted by Crippen LogP contribution is 2.38. The molecule has 0 aromatic carbocycles. The van der Waals surface area contributed by atoms with Gasteiger partial charge in [-0.05, 0) is 44.6 Å². The Hall–Kier alpha value is -0.480. The molecular formula is C17H31N3S. The van der Waals surface area contributed by atoms with Crippen LogP contribution in [-0.2, 0) is 6.42 Å². The van der Waals surface area contributed by atoms with E-state index in [1.807, 2.05) is 11.3 Å². The fourth-order valence-corrected chi connectivity index (χ4v) is 4.23. The summed E-state index contributed by atoms with van der Waals surface area (Å²) >= 11 is 1.85. The Labute approximate surface area is 133 Å². The zero-order valence-corrected chi connectivity index (χ0v) is 14.6. The molecule has 0 bridgehead atoms. The Kier molecular flexibility index (Phi) is 7.65. The predicted octanol–water partition coefficient (Wildman–Crippen LogP) is 4.54. The fourth-order valence-electron chi connectivity index (χ4n) is 3.22. The van der Waals surface area contributed by atoms with Crippen molar-refractivity contribution in [3.8, 4) is 0 Å². The van der Waals surface area contributed by atoms with Crippen molar-refractivity contribution in [2.45, 2.75) is 77.6 Å². The molecule has 1 aliphatic carbocycles. The Morgan fingerprint density at radius 1 is 1.05 bits per heavy atom. The van der Waals surface area contributed by atoms with Gasteiger partial charge in [0.15, 0.2) is 0 Å². The van der Waals surface area contributed by atoms with Crippen LogP contribution in [0.3, 0.4) is 0 Å². The number of hydrogen-bond donors (Lipinski definition) is 1. The van der Waals surface area contributed by atoms with E-state index in [0.717, 1.165) is 25.4 Å². The van der Waals surface area contributed by atoms with Crippen LogP contribution in [0.4, 0.5) is 0 Å². The van der Waals surface area contributed by atoms with E-state index in [1.165, 1.54) is 61.4 Å². The number of rotatable bonds is 9. The Bertz CT molecular complexity index is 383. The van der Waals surface area contributed by atoms with Gasteiger partial charge >= 0.3 is 0 Å². The summed E-state index contributed by atoms with van der Waals surface area (Å²) < 4.78 is 0. The lowest BCUT2D eigenvalue weighted by Crippen LogP contribution is -2.17. The summed E-state index contributed by atoms with van der Waals surface area (Å²) in [5, 5.41) is 14.8. The zero-order valence-electron chi connectivity index (χ0n) is 13.7. The molecule has 1 aliphatic rings. The molecule has 1 fully saturated rings. The minimum absolute atomic E-state index is 0.692. The van der Waals surface area contributed by atoms with Gasteiger partial charge in [-0.25, -0.2) is 0 Å². The molecule has 1 aromatic rings. The second kappa shape index (κ2) is 9.52. The number of nitrogens with zero attached hydrogens (tertiary/aromatic N) is 2. The lowest BCUT2D eigenvalue weighted by atomic mass is 9.80. The van der Waals surface area contributed by atoms with Crippen LogP contribution in [-0.4, -0.2) is 23.3 Å². The fraction of sp³-hybridized carbons (Fsp3) is 0.882. The molecule has 4 heteroatoms. The summed E-state index contributed by atoms with van der Waals surface area (Å²) in [7, 11) is 0. The average Bonchev–Trinajstić information content (AvgIpc) is 2.99. The van der Waals surface area contributed by atoms with Gasteiger partial charge in [-0.2, -0.15) is 0 Å². The first-order valence-electron chi connectivity index (χ1n) is 8.86. The van der Waals surface area contributed by atoms with Crippen LogP contribution in [0.5, 0.6) is 0 Å². The lowest BCUT2D eigenvalue weighted by molar-refractivity contribution is 0.303. The molecule has 1 aromatic heterocycles. The highest BCUT2D eigenvalue weighted by Gasteiger charge is 2.24. The lowest BCUT2D eigenvalue weighted by Gasteiger charge is -2.26. The molecule has 0 atom stereocenters. The molecule has 0 unspecified atom stereocenters. The van der Waals surface area contributed by atoms with Gasteiger partial charge in [0, 0.05) is 18.9 Å². The van der Waals surface area contributed by atoms with Gasteiger partial charge in [-0.3, -0.25) is 0 Å². The summed E-state index contributed by atoms with van der Waals surface area (Å²) in [4.78, 5) is 0. The smallest absolute Gasteiger partial charge is 0.120 e. The van der Waals surface area contributed by atoms with Gasteiger partial charge < -0.3 is 5.32 Å². The van der Waals surface area contributed by atoms with Crippen LogP contribution in [0.1, 0.15) is 81.1 Å². The molecule has 0 radical (unpaired) electrons. The molecule has 1 saturated carbocycles. The maximum Gasteiger partial charge on any atom is 0.120 e. The second-order valence-corrected chi connectivity index (χ2v) is 7.49. The van der Waals surface area contributed by atoms with Crippen molar-refractivity contribution in [1.82, 2.24) is 15.5 Å². The van der Waals surface area contributed by atoms with Crippen molar-refractivity contribution < 1.29 is 0 Å². The van der Waals surface area contributed by atoms with E-state index in [1.54, 1.807) is 0 Å². The normalized spacial score (nSPS) is 22.6. The third-order valence-corrected chi connectivity index (χ3v) is 5.73. The molecule has 0 aliphatic heterocycles. The first-order chi connectivity index (χ1) is 10.3. The van der Waals surface area contributed by atoms with Crippen LogP contribution in [0, 0.1) is 5.92 Å². The first kappa shape index (κ1) is 16.9. The van der Waals surface area contributed by atoms with E-state index >= 15 is 0 Å². The molecule has 3 nitrogen and oxygen atoms in total. The van der Waals surface area contributed by atoms with Gasteiger partial charge in [0.2, 0.25) is 0 Å². The van der Waals surface area contributed by atoms with E-state index in [4.69, 9.17) is 0 Å². The van der Waals surface area contributed by atoms with Crippen LogP contribution >= 0.6 is 11.3 Å². The first-order valence-corrected chi connectivity index (χ1v) is 9.68. The Balaban J connectivity index is 1.72. The van der Waals surface area contributed by atoms with Gasteiger partial charge in [-0.15, -0.1) is 21.5 Å². The summed E-state index contributed by atoms with van der Waals surface area (Å²) in [5.74, 6) is 1.67. The predicted molar refractivity (Wildman–Crippen MR) is 91.0 cm³/mol. The molecular weight excluding hydrogens is 278 g/mol. The molecule has 1 N–H and O–H groups in total.